The Bertz CT molecular complexity index is 844. The van der Waals surface area contributed by atoms with Crippen LogP contribution in [0.1, 0.15) is 27.0 Å². The van der Waals surface area contributed by atoms with E-state index in [1.165, 1.54) is 17.0 Å². The average Bonchev–Trinajstić information content (AvgIpc) is 2.68. The molecule has 1 N–H and O–H groups in total. The van der Waals surface area contributed by atoms with E-state index >= 15 is 0 Å². The van der Waals surface area contributed by atoms with Gasteiger partial charge in [0.2, 0.25) is 0 Å². The molecule has 0 radical (unpaired) electrons. The Balaban J connectivity index is 1.95. The largest absolute Gasteiger partial charge is 0.416 e. The summed E-state index contributed by atoms with van der Waals surface area (Å²) >= 11 is 0. The summed E-state index contributed by atoms with van der Waals surface area (Å²) < 4.78 is 38.0. The van der Waals surface area contributed by atoms with Crippen LogP contribution in [-0.2, 0) is 19.3 Å². The second kappa shape index (κ2) is 9.45. The van der Waals surface area contributed by atoms with Gasteiger partial charge >= 0.3 is 6.18 Å². The van der Waals surface area contributed by atoms with Crippen molar-refractivity contribution in [3.05, 3.63) is 70.8 Å². The van der Waals surface area contributed by atoms with E-state index in [9.17, 15) is 18.0 Å². The van der Waals surface area contributed by atoms with Crippen molar-refractivity contribution in [1.82, 2.24) is 15.1 Å². The molecular weight excluding hydrogens is 381 g/mol. The summed E-state index contributed by atoms with van der Waals surface area (Å²) in [5.74, 6) is 0.551. The highest BCUT2D eigenvalue weighted by Gasteiger charge is 2.29. The fraction of sp³-hybridized carbons (Fsp3) is 0.333. The van der Waals surface area contributed by atoms with Gasteiger partial charge in [0.1, 0.15) is 0 Å². The molecule has 0 heterocycles. The van der Waals surface area contributed by atoms with Gasteiger partial charge in [-0.1, -0.05) is 24.3 Å². The van der Waals surface area contributed by atoms with Crippen LogP contribution in [0.2, 0.25) is 0 Å². The first kappa shape index (κ1) is 22.3. The maximum absolute atomic E-state index is 12.7. The molecule has 2 aromatic rings. The number of rotatable bonds is 5. The number of carbonyl (C=O) groups excluding carboxylic acids is 1. The molecule has 1 amide bonds. The van der Waals surface area contributed by atoms with E-state index in [2.05, 4.69) is 10.3 Å². The van der Waals surface area contributed by atoms with E-state index in [0.29, 0.717) is 24.6 Å². The lowest BCUT2D eigenvalue weighted by molar-refractivity contribution is -0.137. The van der Waals surface area contributed by atoms with Crippen molar-refractivity contribution in [2.24, 2.45) is 4.99 Å². The van der Waals surface area contributed by atoms with E-state index in [0.717, 1.165) is 23.3 Å². The normalized spacial score (nSPS) is 11.9. The van der Waals surface area contributed by atoms with E-state index in [4.69, 9.17) is 0 Å². The molecule has 2 rings (SSSR count). The van der Waals surface area contributed by atoms with Crippen LogP contribution in [0, 0.1) is 0 Å². The number of aliphatic imine (C=N–C) groups is 1. The molecule has 0 atom stereocenters. The van der Waals surface area contributed by atoms with Crippen LogP contribution in [0.3, 0.4) is 0 Å². The van der Waals surface area contributed by atoms with Gasteiger partial charge in [0.05, 0.1) is 5.56 Å². The molecule has 0 fully saturated rings. The summed E-state index contributed by atoms with van der Waals surface area (Å²) in [5, 5.41) is 3.21. The van der Waals surface area contributed by atoms with E-state index in [1.54, 1.807) is 33.3 Å². The molecule has 0 aliphatic heterocycles. The van der Waals surface area contributed by atoms with Gasteiger partial charge in [0, 0.05) is 46.8 Å². The highest BCUT2D eigenvalue weighted by atomic mass is 19.4. The molecule has 0 aliphatic carbocycles. The van der Waals surface area contributed by atoms with E-state index in [1.807, 2.05) is 24.1 Å². The van der Waals surface area contributed by atoms with Gasteiger partial charge in [0.25, 0.3) is 5.91 Å². The van der Waals surface area contributed by atoms with Gasteiger partial charge in [0.15, 0.2) is 5.96 Å². The number of halogens is 3. The molecule has 8 heteroatoms. The van der Waals surface area contributed by atoms with Crippen LogP contribution < -0.4 is 5.32 Å². The summed E-state index contributed by atoms with van der Waals surface area (Å²) in [6.07, 6.45) is -4.34. The van der Waals surface area contributed by atoms with Crippen LogP contribution >= 0.6 is 0 Å². The van der Waals surface area contributed by atoms with Crippen LogP contribution in [0.4, 0.5) is 13.2 Å². The predicted octanol–water partition coefficient (Wildman–Crippen LogP) is 3.61. The Hall–Kier alpha value is -3.03. The van der Waals surface area contributed by atoms with Crippen LogP contribution in [0.5, 0.6) is 0 Å². The van der Waals surface area contributed by atoms with Gasteiger partial charge in [-0.15, -0.1) is 0 Å². The van der Waals surface area contributed by atoms with Crippen LogP contribution in [0.15, 0.2) is 53.5 Å². The molecular formula is C21H25F3N4O. The van der Waals surface area contributed by atoms with Gasteiger partial charge < -0.3 is 15.1 Å². The molecule has 0 aromatic heterocycles. The fourth-order valence-electron chi connectivity index (χ4n) is 2.74. The minimum atomic E-state index is -4.34. The lowest BCUT2D eigenvalue weighted by Gasteiger charge is -2.22. The standard InChI is InChI=1S/C21H25F3N4O/c1-25-20(26-13-15-5-9-17(10-6-15)19(29)27(2)3)28(4)14-16-7-11-18(12-8-16)21(22,23)24/h5-12H,13-14H2,1-4H3,(H,25,26). The highest BCUT2D eigenvalue weighted by molar-refractivity contribution is 5.93. The van der Waals surface area contributed by atoms with Gasteiger partial charge in [-0.25, -0.2) is 0 Å². The lowest BCUT2D eigenvalue weighted by atomic mass is 10.1. The molecule has 0 saturated heterocycles. The number of nitrogens with one attached hydrogen (secondary N) is 1. The topological polar surface area (TPSA) is 47.9 Å². The summed E-state index contributed by atoms with van der Waals surface area (Å²) in [4.78, 5) is 19.5. The Kier molecular flexibility index (Phi) is 7.25. The van der Waals surface area contributed by atoms with Crippen molar-refractivity contribution in [3.63, 3.8) is 0 Å². The smallest absolute Gasteiger partial charge is 0.352 e. The predicted molar refractivity (Wildman–Crippen MR) is 108 cm³/mol. The van der Waals surface area contributed by atoms with Crippen molar-refractivity contribution in [2.45, 2.75) is 19.3 Å². The lowest BCUT2D eigenvalue weighted by Crippen LogP contribution is -2.38. The Morgan fingerprint density at radius 1 is 0.966 bits per heavy atom. The molecule has 29 heavy (non-hydrogen) atoms. The number of nitrogens with zero attached hydrogens (tertiary/aromatic N) is 3. The second-order valence-corrected chi connectivity index (χ2v) is 6.85. The first-order chi connectivity index (χ1) is 13.6. The maximum Gasteiger partial charge on any atom is 0.416 e. The number of hydrogen-bond donors (Lipinski definition) is 1. The quantitative estimate of drug-likeness (QED) is 0.610. The first-order valence-electron chi connectivity index (χ1n) is 9.00. The van der Waals surface area contributed by atoms with E-state index < -0.39 is 11.7 Å². The molecule has 0 bridgehead atoms. The summed E-state index contributed by atoms with van der Waals surface area (Å²) in [6, 6.07) is 12.4. The third-order valence-corrected chi connectivity index (χ3v) is 4.33. The monoisotopic (exact) mass is 406 g/mol. The summed E-state index contributed by atoms with van der Waals surface area (Å²) in [7, 11) is 6.86. The van der Waals surface area contributed by atoms with Gasteiger partial charge in [-0.05, 0) is 35.4 Å². The van der Waals surface area contributed by atoms with Crippen LogP contribution in [-0.4, -0.2) is 49.9 Å². The molecule has 0 spiro atoms. The summed E-state index contributed by atoms with van der Waals surface area (Å²) in [5.41, 5.74) is 1.67. The number of alkyl halides is 3. The van der Waals surface area contributed by atoms with Crippen LogP contribution in [0.25, 0.3) is 0 Å². The fourth-order valence-corrected chi connectivity index (χ4v) is 2.74. The van der Waals surface area contributed by atoms with Crippen molar-refractivity contribution in [1.29, 1.82) is 0 Å². The number of amides is 1. The van der Waals surface area contributed by atoms with E-state index in [-0.39, 0.29) is 5.91 Å². The Morgan fingerprint density at radius 3 is 2.00 bits per heavy atom. The average molecular weight is 406 g/mol. The number of benzene rings is 2. The van der Waals surface area contributed by atoms with Crippen molar-refractivity contribution in [2.75, 3.05) is 28.2 Å². The highest BCUT2D eigenvalue weighted by Crippen LogP contribution is 2.29. The molecule has 5 nitrogen and oxygen atoms in total. The Morgan fingerprint density at radius 2 is 1.52 bits per heavy atom. The maximum atomic E-state index is 12.7. The van der Waals surface area contributed by atoms with Crippen molar-refractivity contribution in [3.8, 4) is 0 Å². The SMILES string of the molecule is CN=C(NCc1ccc(C(=O)N(C)C)cc1)N(C)Cc1ccc(C(F)(F)F)cc1. The Labute approximate surface area is 168 Å². The minimum Gasteiger partial charge on any atom is -0.352 e. The third-order valence-electron chi connectivity index (χ3n) is 4.33. The molecule has 0 aliphatic rings. The van der Waals surface area contributed by atoms with Gasteiger partial charge in [-0.2, -0.15) is 13.2 Å². The number of guanidine groups is 1. The molecule has 156 valence electrons. The molecule has 0 saturated carbocycles. The molecule has 2 aromatic carbocycles. The number of hydrogen-bond acceptors (Lipinski definition) is 2. The zero-order valence-electron chi connectivity index (χ0n) is 16.9. The van der Waals surface area contributed by atoms with Crippen molar-refractivity contribution < 1.29 is 18.0 Å². The second-order valence-electron chi connectivity index (χ2n) is 6.85. The number of carbonyl (C=O) groups is 1. The van der Waals surface area contributed by atoms with Gasteiger partial charge in [-0.3, -0.25) is 9.79 Å². The zero-order chi connectivity index (χ0) is 21.6. The summed E-state index contributed by atoms with van der Waals surface area (Å²) in [6.45, 7) is 0.911. The third kappa shape index (κ3) is 6.23. The molecule has 0 unspecified atom stereocenters. The minimum absolute atomic E-state index is 0.0587. The van der Waals surface area contributed by atoms with Crippen molar-refractivity contribution >= 4 is 11.9 Å². The zero-order valence-corrected chi connectivity index (χ0v) is 16.9. The first-order valence-corrected chi connectivity index (χ1v) is 9.00.